The Morgan fingerprint density at radius 1 is 1.16 bits per heavy atom. The van der Waals surface area contributed by atoms with Crippen molar-refractivity contribution in [2.45, 2.75) is 26.3 Å². The first kappa shape index (κ1) is 22.8. The predicted molar refractivity (Wildman–Crippen MR) is 123 cm³/mol. The van der Waals surface area contributed by atoms with E-state index in [4.69, 9.17) is 14.2 Å². The lowest BCUT2D eigenvalue weighted by molar-refractivity contribution is 0.0909. The lowest BCUT2D eigenvalue weighted by atomic mass is 10.1. The van der Waals surface area contributed by atoms with E-state index in [1.807, 2.05) is 32.0 Å². The van der Waals surface area contributed by atoms with Crippen LogP contribution < -0.4 is 20.1 Å². The van der Waals surface area contributed by atoms with Crippen molar-refractivity contribution in [1.29, 1.82) is 0 Å². The van der Waals surface area contributed by atoms with E-state index in [2.05, 4.69) is 20.6 Å². The van der Waals surface area contributed by atoms with Gasteiger partial charge in [0.2, 0.25) is 0 Å². The Morgan fingerprint density at radius 2 is 1.94 bits per heavy atom. The molecular formula is C22H28N4O4S. The van der Waals surface area contributed by atoms with E-state index >= 15 is 0 Å². The van der Waals surface area contributed by atoms with Crippen LogP contribution in [0.15, 0.2) is 24.5 Å². The molecule has 31 heavy (non-hydrogen) atoms. The third kappa shape index (κ3) is 5.23. The Kier molecular flexibility index (Phi) is 7.64. The lowest BCUT2D eigenvalue weighted by Gasteiger charge is -2.12. The van der Waals surface area contributed by atoms with E-state index in [9.17, 15) is 4.79 Å². The van der Waals surface area contributed by atoms with Gasteiger partial charge in [0.15, 0.2) is 11.5 Å². The zero-order valence-corrected chi connectivity index (χ0v) is 19.3. The summed E-state index contributed by atoms with van der Waals surface area (Å²) in [5, 5.41) is 7.23. The number of anilines is 1. The fraction of sp³-hybridized carbons (Fsp3) is 0.409. The van der Waals surface area contributed by atoms with Gasteiger partial charge in [0.25, 0.3) is 5.91 Å². The Hall–Kier alpha value is -2.91. The number of hydrogen-bond donors (Lipinski definition) is 2. The van der Waals surface area contributed by atoms with Crippen LogP contribution >= 0.6 is 11.3 Å². The summed E-state index contributed by atoms with van der Waals surface area (Å²) < 4.78 is 15.8. The second-order valence-electron chi connectivity index (χ2n) is 7.15. The molecule has 0 spiro atoms. The smallest absolute Gasteiger partial charge is 0.262 e. The first-order valence-electron chi connectivity index (χ1n) is 9.97. The first-order valence-corrected chi connectivity index (χ1v) is 10.8. The normalized spacial score (nSPS) is 11.9. The molecule has 3 rings (SSSR count). The summed E-state index contributed by atoms with van der Waals surface area (Å²) >= 11 is 1.37. The van der Waals surface area contributed by atoms with Crippen molar-refractivity contribution in [2.75, 3.05) is 39.8 Å². The summed E-state index contributed by atoms with van der Waals surface area (Å²) in [6.07, 6.45) is 2.29. The third-order valence-corrected chi connectivity index (χ3v) is 6.08. The average molecular weight is 445 g/mol. The average Bonchev–Trinajstić information content (AvgIpc) is 3.11. The molecule has 9 heteroatoms. The van der Waals surface area contributed by atoms with Crippen molar-refractivity contribution < 1.29 is 19.0 Å². The number of methoxy groups -OCH3 is 3. The summed E-state index contributed by atoms with van der Waals surface area (Å²) in [7, 11) is 4.86. The minimum atomic E-state index is -0.124. The topological polar surface area (TPSA) is 94.6 Å². The minimum absolute atomic E-state index is 0.0766. The Labute approximate surface area is 186 Å². The summed E-state index contributed by atoms with van der Waals surface area (Å²) in [5.74, 6) is 2.01. The Morgan fingerprint density at radius 3 is 2.65 bits per heavy atom. The number of aromatic nitrogens is 2. The van der Waals surface area contributed by atoms with E-state index in [0.717, 1.165) is 33.6 Å². The number of benzene rings is 1. The molecule has 0 aliphatic heterocycles. The zero-order valence-electron chi connectivity index (χ0n) is 18.4. The molecule has 2 heterocycles. The third-order valence-electron chi connectivity index (χ3n) is 4.88. The number of carbonyl (C=O) groups excluding carboxylic acids is 1. The fourth-order valence-electron chi connectivity index (χ4n) is 3.36. The highest BCUT2D eigenvalue weighted by Gasteiger charge is 2.20. The quantitative estimate of drug-likeness (QED) is 0.495. The van der Waals surface area contributed by atoms with Crippen LogP contribution in [0.5, 0.6) is 11.5 Å². The van der Waals surface area contributed by atoms with Gasteiger partial charge in [-0.25, -0.2) is 9.97 Å². The van der Waals surface area contributed by atoms with Gasteiger partial charge in [0, 0.05) is 19.7 Å². The number of hydrogen-bond acceptors (Lipinski definition) is 8. The van der Waals surface area contributed by atoms with E-state index in [0.29, 0.717) is 29.5 Å². The van der Waals surface area contributed by atoms with E-state index in [1.54, 1.807) is 21.3 Å². The van der Waals surface area contributed by atoms with E-state index in [-0.39, 0.29) is 11.9 Å². The number of aryl methyl sites for hydroxylation is 1. The maximum absolute atomic E-state index is 12.7. The van der Waals surface area contributed by atoms with Crippen LogP contribution in [0.25, 0.3) is 10.2 Å². The molecule has 0 aliphatic carbocycles. The molecule has 1 atom stereocenters. The van der Waals surface area contributed by atoms with Gasteiger partial charge in [-0.2, -0.15) is 0 Å². The van der Waals surface area contributed by atoms with Gasteiger partial charge in [0.1, 0.15) is 17.0 Å². The van der Waals surface area contributed by atoms with Crippen molar-refractivity contribution >= 4 is 33.3 Å². The second kappa shape index (κ2) is 10.4. The number of nitrogens with one attached hydrogen (secondary N) is 2. The van der Waals surface area contributed by atoms with Crippen LogP contribution in [0.1, 0.15) is 27.7 Å². The molecule has 0 saturated heterocycles. The van der Waals surface area contributed by atoms with Crippen molar-refractivity contribution in [3.05, 3.63) is 40.5 Å². The molecule has 2 N–H and O–H groups in total. The molecule has 0 fully saturated rings. The van der Waals surface area contributed by atoms with E-state index in [1.165, 1.54) is 17.7 Å². The maximum atomic E-state index is 12.7. The molecule has 2 aromatic heterocycles. The predicted octanol–water partition coefficient (Wildman–Crippen LogP) is 3.44. The van der Waals surface area contributed by atoms with Crippen LogP contribution in [-0.4, -0.2) is 56.4 Å². The number of nitrogens with zero attached hydrogens (tertiary/aromatic N) is 2. The molecule has 0 bridgehead atoms. The molecule has 1 amide bonds. The van der Waals surface area contributed by atoms with Gasteiger partial charge in [-0.15, -0.1) is 11.3 Å². The van der Waals surface area contributed by atoms with Crippen molar-refractivity contribution in [2.24, 2.45) is 0 Å². The van der Waals surface area contributed by atoms with Gasteiger partial charge >= 0.3 is 0 Å². The number of ether oxygens (including phenoxy) is 3. The summed E-state index contributed by atoms with van der Waals surface area (Å²) in [5.41, 5.74) is 1.99. The van der Waals surface area contributed by atoms with Crippen LogP contribution in [0.3, 0.4) is 0 Å². The fourth-order valence-corrected chi connectivity index (χ4v) is 4.42. The summed E-state index contributed by atoms with van der Waals surface area (Å²) in [4.78, 5) is 22.9. The minimum Gasteiger partial charge on any atom is -0.493 e. The Balaban J connectivity index is 1.74. The highest BCUT2D eigenvalue weighted by Crippen LogP contribution is 2.33. The lowest BCUT2D eigenvalue weighted by Crippen LogP contribution is -2.35. The molecule has 0 aliphatic rings. The van der Waals surface area contributed by atoms with Crippen LogP contribution in [0.2, 0.25) is 0 Å². The molecule has 166 valence electrons. The maximum Gasteiger partial charge on any atom is 0.262 e. The van der Waals surface area contributed by atoms with Gasteiger partial charge in [-0.3, -0.25) is 4.79 Å². The summed E-state index contributed by atoms with van der Waals surface area (Å²) in [6.45, 7) is 4.96. The van der Waals surface area contributed by atoms with Crippen molar-refractivity contribution in [1.82, 2.24) is 15.3 Å². The van der Waals surface area contributed by atoms with Crippen LogP contribution in [0, 0.1) is 6.92 Å². The molecule has 3 aromatic rings. The molecular weight excluding hydrogens is 416 g/mol. The van der Waals surface area contributed by atoms with Crippen molar-refractivity contribution in [3.8, 4) is 11.5 Å². The van der Waals surface area contributed by atoms with Gasteiger partial charge in [0.05, 0.1) is 31.1 Å². The van der Waals surface area contributed by atoms with Crippen molar-refractivity contribution in [3.63, 3.8) is 0 Å². The number of amides is 1. The van der Waals surface area contributed by atoms with Gasteiger partial charge in [-0.1, -0.05) is 6.07 Å². The van der Waals surface area contributed by atoms with Gasteiger partial charge < -0.3 is 24.8 Å². The molecule has 8 nitrogen and oxygen atoms in total. The second-order valence-corrected chi connectivity index (χ2v) is 8.15. The summed E-state index contributed by atoms with van der Waals surface area (Å²) in [6, 6.07) is 5.80. The number of rotatable bonds is 10. The van der Waals surface area contributed by atoms with Crippen LogP contribution in [0.4, 0.5) is 5.82 Å². The highest BCUT2D eigenvalue weighted by molar-refractivity contribution is 7.20. The monoisotopic (exact) mass is 444 g/mol. The Bertz CT molecular complexity index is 1050. The largest absolute Gasteiger partial charge is 0.493 e. The SMILES string of the molecule is COC[C@@H](C)NC(=O)c1sc2ncnc(NCCc3ccc(OC)c(OC)c3)c2c1C. The first-order chi connectivity index (χ1) is 15.0. The standard InChI is InChI=1S/C22H28N4O4S/c1-13(11-28-3)26-21(27)19-14(2)18-20(24-12-25-22(18)31-19)23-9-8-15-6-7-16(29-4)17(10-15)30-5/h6-7,10,12-13H,8-9,11H2,1-5H3,(H,26,27)(H,23,24,25)/t13-/m1/s1. The number of thiophene rings is 1. The molecule has 0 saturated carbocycles. The molecule has 1 aromatic carbocycles. The highest BCUT2D eigenvalue weighted by atomic mass is 32.1. The zero-order chi connectivity index (χ0) is 22.4. The molecule has 0 unspecified atom stereocenters. The van der Waals surface area contributed by atoms with Crippen LogP contribution in [-0.2, 0) is 11.2 Å². The van der Waals surface area contributed by atoms with E-state index < -0.39 is 0 Å². The number of fused-ring (bicyclic) bond motifs is 1. The number of carbonyl (C=O) groups is 1. The molecule has 0 radical (unpaired) electrons. The van der Waals surface area contributed by atoms with Gasteiger partial charge in [-0.05, 0) is 43.5 Å².